The Morgan fingerprint density at radius 2 is 1.79 bits per heavy atom. The summed E-state index contributed by atoms with van der Waals surface area (Å²) in [5.74, 6) is -3.00. The molecule has 1 aromatic heterocycles. The predicted octanol–water partition coefficient (Wildman–Crippen LogP) is 3.79. The number of hydrogen-bond donors (Lipinski definition) is 2. The first-order chi connectivity index (χ1) is 11.4. The van der Waals surface area contributed by atoms with Gasteiger partial charge in [0.1, 0.15) is 17.2 Å². The van der Waals surface area contributed by atoms with E-state index < -0.39 is 23.1 Å². The van der Waals surface area contributed by atoms with Gasteiger partial charge in [-0.3, -0.25) is 9.59 Å². The smallest absolute Gasteiger partial charge is 0.261 e. The molecule has 0 aliphatic carbocycles. The molecule has 0 aliphatic heterocycles. The fraction of sp³-hybridized carbons (Fsp3) is 0.0625. The second kappa shape index (κ2) is 6.32. The SMILES string of the molecule is CC(=O)Nc1nc2cc(NC(=O)c3c(F)cccc3F)ccc2s1. The van der Waals surface area contributed by atoms with Gasteiger partial charge in [0.05, 0.1) is 10.2 Å². The van der Waals surface area contributed by atoms with Crippen molar-refractivity contribution in [1.82, 2.24) is 4.98 Å². The number of nitrogens with one attached hydrogen (secondary N) is 2. The number of rotatable bonds is 3. The Hall–Kier alpha value is -2.87. The van der Waals surface area contributed by atoms with Crippen molar-refractivity contribution in [3.63, 3.8) is 0 Å². The van der Waals surface area contributed by atoms with Crippen LogP contribution in [0.3, 0.4) is 0 Å². The average molecular weight is 347 g/mol. The third-order valence-corrected chi connectivity index (χ3v) is 4.07. The molecule has 2 N–H and O–H groups in total. The van der Waals surface area contributed by atoms with E-state index in [1.807, 2.05) is 0 Å². The minimum atomic E-state index is -0.935. The van der Waals surface area contributed by atoms with Crippen LogP contribution >= 0.6 is 11.3 Å². The highest BCUT2D eigenvalue weighted by molar-refractivity contribution is 7.22. The van der Waals surface area contributed by atoms with E-state index in [2.05, 4.69) is 15.6 Å². The van der Waals surface area contributed by atoms with E-state index in [9.17, 15) is 18.4 Å². The van der Waals surface area contributed by atoms with Crippen molar-refractivity contribution in [2.75, 3.05) is 10.6 Å². The van der Waals surface area contributed by atoms with Crippen molar-refractivity contribution in [2.45, 2.75) is 6.92 Å². The second-order valence-electron chi connectivity index (χ2n) is 4.93. The normalized spacial score (nSPS) is 10.6. The third kappa shape index (κ3) is 3.23. The zero-order chi connectivity index (χ0) is 17.3. The van der Waals surface area contributed by atoms with Gasteiger partial charge in [0.2, 0.25) is 5.91 Å². The van der Waals surface area contributed by atoms with Gasteiger partial charge in [-0.05, 0) is 30.3 Å². The molecule has 0 aliphatic rings. The van der Waals surface area contributed by atoms with Crippen LogP contribution < -0.4 is 10.6 Å². The summed E-state index contributed by atoms with van der Waals surface area (Å²) in [6.45, 7) is 1.38. The van der Waals surface area contributed by atoms with Gasteiger partial charge in [-0.1, -0.05) is 17.4 Å². The number of halogens is 2. The van der Waals surface area contributed by atoms with E-state index in [4.69, 9.17) is 0 Å². The van der Waals surface area contributed by atoms with Crippen molar-refractivity contribution in [3.8, 4) is 0 Å². The molecule has 0 spiro atoms. The van der Waals surface area contributed by atoms with Gasteiger partial charge in [0, 0.05) is 12.6 Å². The Labute approximate surface area is 139 Å². The largest absolute Gasteiger partial charge is 0.322 e. The molecule has 122 valence electrons. The molecule has 0 radical (unpaired) electrons. The Bertz CT molecular complexity index is 935. The molecular weight excluding hydrogens is 336 g/mol. The molecule has 8 heteroatoms. The first-order valence-corrected chi connectivity index (χ1v) is 7.69. The highest BCUT2D eigenvalue weighted by Gasteiger charge is 2.17. The molecule has 0 fully saturated rings. The highest BCUT2D eigenvalue weighted by atomic mass is 32.1. The molecule has 0 atom stereocenters. The molecular formula is C16H11F2N3O2S. The maximum atomic E-state index is 13.6. The number of carbonyl (C=O) groups is 2. The lowest BCUT2D eigenvalue weighted by atomic mass is 10.1. The number of thiazole rings is 1. The lowest BCUT2D eigenvalue weighted by Crippen LogP contribution is -2.15. The Balaban J connectivity index is 1.87. The van der Waals surface area contributed by atoms with Crippen LogP contribution in [0.2, 0.25) is 0 Å². The van der Waals surface area contributed by atoms with Crippen LogP contribution in [0.25, 0.3) is 10.2 Å². The first-order valence-electron chi connectivity index (χ1n) is 6.87. The monoisotopic (exact) mass is 347 g/mol. The standard InChI is InChI=1S/C16H11F2N3O2S/c1-8(22)19-16-21-12-7-9(5-6-13(12)24-16)20-15(23)14-10(17)3-2-4-11(14)18/h2-7H,1H3,(H,20,23)(H,19,21,22). The van der Waals surface area contributed by atoms with Crippen molar-refractivity contribution in [1.29, 1.82) is 0 Å². The summed E-state index contributed by atoms with van der Waals surface area (Å²) in [7, 11) is 0. The molecule has 0 bridgehead atoms. The van der Waals surface area contributed by atoms with E-state index >= 15 is 0 Å². The maximum Gasteiger partial charge on any atom is 0.261 e. The fourth-order valence-corrected chi connectivity index (χ4v) is 3.01. The van der Waals surface area contributed by atoms with Crippen molar-refractivity contribution in [2.24, 2.45) is 0 Å². The molecule has 2 aromatic carbocycles. The van der Waals surface area contributed by atoms with Crippen LogP contribution in [0.5, 0.6) is 0 Å². The average Bonchev–Trinajstić information content (AvgIpc) is 2.87. The van der Waals surface area contributed by atoms with Crippen molar-refractivity contribution < 1.29 is 18.4 Å². The van der Waals surface area contributed by atoms with Gasteiger partial charge in [-0.15, -0.1) is 0 Å². The highest BCUT2D eigenvalue weighted by Crippen LogP contribution is 2.28. The number of fused-ring (bicyclic) bond motifs is 1. The lowest BCUT2D eigenvalue weighted by molar-refractivity contribution is -0.114. The maximum absolute atomic E-state index is 13.6. The number of amides is 2. The van der Waals surface area contributed by atoms with Crippen LogP contribution in [0.15, 0.2) is 36.4 Å². The van der Waals surface area contributed by atoms with Crippen LogP contribution in [0, 0.1) is 11.6 Å². The van der Waals surface area contributed by atoms with Crippen LogP contribution in [-0.4, -0.2) is 16.8 Å². The van der Waals surface area contributed by atoms with E-state index in [-0.39, 0.29) is 5.91 Å². The van der Waals surface area contributed by atoms with Crippen LogP contribution in [0.4, 0.5) is 19.6 Å². The molecule has 3 aromatic rings. The Kier molecular flexibility index (Phi) is 4.22. The molecule has 0 unspecified atom stereocenters. The number of anilines is 2. The topological polar surface area (TPSA) is 71.1 Å². The van der Waals surface area contributed by atoms with Gasteiger partial charge in [0.25, 0.3) is 5.91 Å². The first kappa shape index (κ1) is 16.0. The minimum absolute atomic E-state index is 0.238. The summed E-state index contributed by atoms with van der Waals surface area (Å²) in [5.41, 5.74) is 0.250. The van der Waals surface area contributed by atoms with Gasteiger partial charge in [-0.2, -0.15) is 0 Å². The van der Waals surface area contributed by atoms with Gasteiger partial charge < -0.3 is 10.6 Å². The Morgan fingerprint density at radius 3 is 2.46 bits per heavy atom. The van der Waals surface area contributed by atoms with Crippen LogP contribution in [0.1, 0.15) is 17.3 Å². The molecule has 24 heavy (non-hydrogen) atoms. The molecule has 0 saturated heterocycles. The molecule has 0 saturated carbocycles. The van der Waals surface area contributed by atoms with Gasteiger partial charge in [0.15, 0.2) is 5.13 Å². The summed E-state index contributed by atoms with van der Waals surface area (Å²) < 4.78 is 28.1. The van der Waals surface area contributed by atoms with E-state index in [1.54, 1.807) is 18.2 Å². The summed E-state index contributed by atoms with van der Waals surface area (Å²) in [4.78, 5) is 27.3. The molecule has 2 amide bonds. The number of carbonyl (C=O) groups excluding carboxylic acids is 2. The minimum Gasteiger partial charge on any atom is -0.322 e. The number of nitrogens with zero attached hydrogens (tertiary/aromatic N) is 1. The summed E-state index contributed by atoms with van der Waals surface area (Å²) in [6, 6.07) is 8.07. The summed E-state index contributed by atoms with van der Waals surface area (Å²) >= 11 is 1.28. The predicted molar refractivity (Wildman–Crippen MR) is 88.2 cm³/mol. The third-order valence-electron chi connectivity index (χ3n) is 3.12. The lowest BCUT2D eigenvalue weighted by Gasteiger charge is -2.07. The second-order valence-corrected chi connectivity index (χ2v) is 5.96. The Morgan fingerprint density at radius 1 is 1.08 bits per heavy atom. The number of aromatic nitrogens is 1. The summed E-state index contributed by atoms with van der Waals surface area (Å²) in [6.07, 6.45) is 0. The fourth-order valence-electron chi connectivity index (χ4n) is 2.12. The van der Waals surface area contributed by atoms with E-state index in [0.29, 0.717) is 16.3 Å². The van der Waals surface area contributed by atoms with Crippen LogP contribution in [-0.2, 0) is 4.79 Å². The van der Waals surface area contributed by atoms with Crippen molar-refractivity contribution >= 4 is 44.2 Å². The summed E-state index contributed by atoms with van der Waals surface area (Å²) in [5, 5.41) is 5.45. The van der Waals surface area contributed by atoms with E-state index in [1.165, 1.54) is 24.3 Å². The van der Waals surface area contributed by atoms with Gasteiger partial charge >= 0.3 is 0 Å². The number of hydrogen-bond acceptors (Lipinski definition) is 4. The quantitative estimate of drug-likeness (QED) is 0.757. The zero-order valence-electron chi connectivity index (χ0n) is 12.4. The van der Waals surface area contributed by atoms with Crippen molar-refractivity contribution in [3.05, 3.63) is 53.6 Å². The molecule has 5 nitrogen and oxygen atoms in total. The molecule has 3 rings (SSSR count). The zero-order valence-corrected chi connectivity index (χ0v) is 13.2. The number of benzene rings is 2. The van der Waals surface area contributed by atoms with Gasteiger partial charge in [-0.25, -0.2) is 13.8 Å². The van der Waals surface area contributed by atoms with E-state index in [0.717, 1.165) is 16.8 Å². The molecule has 1 heterocycles.